The van der Waals surface area contributed by atoms with Crippen LogP contribution in [-0.4, -0.2) is 71.6 Å². The molecule has 2 aliphatic rings. The zero-order chi connectivity index (χ0) is 29.1. The third-order valence-electron chi connectivity index (χ3n) is 7.34. The lowest BCUT2D eigenvalue weighted by molar-refractivity contribution is -0.138. The first-order valence-electron chi connectivity index (χ1n) is 13.5. The molecule has 10 nitrogen and oxygen atoms in total. The normalized spacial score (nSPS) is 19.7. The molecule has 0 bridgehead atoms. The number of rotatable bonds is 8. The van der Waals surface area contributed by atoms with Crippen molar-refractivity contribution < 1.29 is 27.5 Å². The molecule has 3 heterocycles. The summed E-state index contributed by atoms with van der Waals surface area (Å²) >= 11 is 0. The van der Waals surface area contributed by atoms with E-state index in [1.165, 1.54) is 17.2 Å². The average Bonchev–Trinajstić information content (AvgIpc) is 3.55. The molecule has 2 saturated heterocycles. The van der Waals surface area contributed by atoms with Crippen LogP contribution in [0, 0.1) is 5.92 Å². The lowest BCUT2D eigenvalue weighted by Crippen LogP contribution is -2.53. The van der Waals surface area contributed by atoms with E-state index < -0.39 is 40.1 Å². The summed E-state index contributed by atoms with van der Waals surface area (Å²) in [5, 5.41) is 2.53. The second kappa shape index (κ2) is 11.8. The Morgan fingerprint density at radius 3 is 2.34 bits per heavy atom. The predicted octanol–water partition coefficient (Wildman–Crippen LogP) is 3.49. The fourth-order valence-electron chi connectivity index (χ4n) is 5.48. The maximum absolute atomic E-state index is 13.7. The van der Waals surface area contributed by atoms with Gasteiger partial charge in [0.1, 0.15) is 17.8 Å². The van der Waals surface area contributed by atoms with Crippen LogP contribution in [0.4, 0.5) is 4.79 Å². The number of benzene rings is 2. The molecule has 214 valence electrons. The van der Waals surface area contributed by atoms with Crippen LogP contribution in [-0.2, 0) is 19.6 Å². The number of hydrogen-bond donors (Lipinski definition) is 1. The highest BCUT2D eigenvalue weighted by molar-refractivity contribution is 7.89. The molecule has 5 rings (SSSR count). The number of carbonyl (C=O) groups excluding carboxylic acids is 3. The van der Waals surface area contributed by atoms with Crippen LogP contribution in [0.3, 0.4) is 0 Å². The van der Waals surface area contributed by atoms with Crippen LogP contribution in [0.1, 0.15) is 26.7 Å². The third kappa shape index (κ3) is 6.01. The number of amides is 2. The van der Waals surface area contributed by atoms with Gasteiger partial charge < -0.3 is 15.0 Å². The number of pyridine rings is 1. The Labute approximate surface area is 239 Å². The van der Waals surface area contributed by atoms with Crippen molar-refractivity contribution in [2.75, 3.05) is 13.1 Å². The number of sulfonamides is 1. The van der Waals surface area contributed by atoms with Gasteiger partial charge in [0.15, 0.2) is 10.8 Å². The van der Waals surface area contributed by atoms with Crippen LogP contribution in [0.2, 0.25) is 0 Å². The first-order valence-corrected chi connectivity index (χ1v) is 15.0. The fourth-order valence-corrected chi connectivity index (χ4v) is 7.04. The molecule has 1 N–H and O–H groups in total. The van der Waals surface area contributed by atoms with Crippen molar-refractivity contribution >= 4 is 27.8 Å². The zero-order valence-electron chi connectivity index (χ0n) is 22.8. The molecule has 2 aliphatic heterocycles. The Balaban J connectivity index is 1.27. The van der Waals surface area contributed by atoms with E-state index in [2.05, 4.69) is 10.3 Å². The van der Waals surface area contributed by atoms with Crippen LogP contribution in [0.25, 0.3) is 11.1 Å². The minimum Gasteiger partial charge on any atom is -0.410 e. The van der Waals surface area contributed by atoms with Gasteiger partial charge in [-0.2, -0.15) is 4.31 Å². The van der Waals surface area contributed by atoms with Gasteiger partial charge in [-0.05, 0) is 54.2 Å². The van der Waals surface area contributed by atoms with Gasteiger partial charge in [-0.3, -0.25) is 9.59 Å². The summed E-state index contributed by atoms with van der Waals surface area (Å²) in [4.78, 5) is 45.0. The molecule has 3 unspecified atom stereocenters. The molecular formula is C30H32N4O6S. The Hall–Kier alpha value is -4.09. The van der Waals surface area contributed by atoms with Crippen molar-refractivity contribution in [3.05, 3.63) is 79.0 Å². The quantitative estimate of drug-likeness (QED) is 0.435. The summed E-state index contributed by atoms with van der Waals surface area (Å²) < 4.78 is 33.1. The van der Waals surface area contributed by atoms with Crippen LogP contribution >= 0.6 is 0 Å². The molecule has 0 spiro atoms. The average molecular weight is 577 g/mol. The predicted molar refractivity (Wildman–Crippen MR) is 151 cm³/mol. The fraction of sp³-hybridized carbons (Fsp3) is 0.333. The van der Waals surface area contributed by atoms with Gasteiger partial charge in [-0.15, -0.1) is 0 Å². The number of carbonyl (C=O) groups is 3. The number of nitrogens with zero attached hydrogens (tertiary/aromatic N) is 3. The Morgan fingerprint density at radius 1 is 1.00 bits per heavy atom. The molecule has 3 aromatic rings. The molecule has 11 heteroatoms. The molecule has 0 aliphatic carbocycles. The number of nitrogens with one attached hydrogen (secondary N) is 1. The van der Waals surface area contributed by atoms with Gasteiger partial charge in [0.05, 0.1) is 12.6 Å². The molecule has 3 atom stereocenters. The highest BCUT2D eigenvalue weighted by Crippen LogP contribution is 2.34. The Morgan fingerprint density at radius 2 is 1.68 bits per heavy atom. The molecular weight excluding hydrogens is 544 g/mol. The largest absolute Gasteiger partial charge is 0.413 e. The molecule has 2 aromatic carbocycles. The van der Waals surface area contributed by atoms with Crippen molar-refractivity contribution in [3.8, 4) is 16.9 Å². The third-order valence-corrected chi connectivity index (χ3v) is 9.13. The SMILES string of the molecule is CC(C)CC(NC(=O)Oc1ccc(-c2ccccc2)cc1)C(=O)N1CCC2C1C(=O)CN2S(=O)(=O)c1ccccn1. The minimum atomic E-state index is -4.02. The summed E-state index contributed by atoms with van der Waals surface area (Å²) in [5.74, 6) is -0.425. The Kier molecular flexibility index (Phi) is 8.18. The summed E-state index contributed by atoms with van der Waals surface area (Å²) in [6, 6.07) is 18.8. The molecule has 2 amide bonds. The molecule has 41 heavy (non-hydrogen) atoms. The summed E-state index contributed by atoms with van der Waals surface area (Å²) in [7, 11) is -4.02. The molecule has 1 aromatic heterocycles. The number of ketones is 1. The van der Waals surface area contributed by atoms with E-state index in [-0.39, 0.29) is 29.8 Å². The topological polar surface area (TPSA) is 126 Å². The van der Waals surface area contributed by atoms with Crippen molar-refractivity contribution in [1.29, 1.82) is 0 Å². The first kappa shape index (κ1) is 28.4. The highest BCUT2D eigenvalue weighted by atomic mass is 32.2. The van der Waals surface area contributed by atoms with E-state index in [1.54, 1.807) is 24.3 Å². The second-order valence-corrected chi connectivity index (χ2v) is 12.5. The van der Waals surface area contributed by atoms with Crippen LogP contribution in [0.5, 0.6) is 5.75 Å². The van der Waals surface area contributed by atoms with Crippen molar-refractivity contribution in [2.24, 2.45) is 5.92 Å². The molecule has 0 radical (unpaired) electrons. The van der Waals surface area contributed by atoms with Gasteiger partial charge in [-0.25, -0.2) is 18.2 Å². The standard InChI is InChI=1S/C30H32N4O6S/c1-20(2)18-24(32-30(37)40-23-13-11-22(12-14-23)21-8-4-3-5-9-21)29(36)33-17-15-25-28(33)26(35)19-34(25)41(38,39)27-10-6-7-16-31-27/h3-14,16,20,24-25,28H,15,17-19H2,1-2H3,(H,32,37). The van der Waals surface area contributed by atoms with Gasteiger partial charge >= 0.3 is 6.09 Å². The first-order chi connectivity index (χ1) is 19.6. The smallest absolute Gasteiger partial charge is 0.410 e. The number of fused-ring (bicyclic) bond motifs is 1. The van der Waals surface area contributed by atoms with Crippen LogP contribution < -0.4 is 10.1 Å². The van der Waals surface area contributed by atoms with Crippen molar-refractivity contribution in [3.63, 3.8) is 0 Å². The van der Waals surface area contributed by atoms with E-state index >= 15 is 0 Å². The van der Waals surface area contributed by atoms with E-state index in [4.69, 9.17) is 4.74 Å². The number of hydrogen-bond acceptors (Lipinski definition) is 7. The van der Waals surface area contributed by atoms with Gasteiger partial charge in [0, 0.05) is 12.7 Å². The minimum absolute atomic E-state index is 0.0492. The lowest BCUT2D eigenvalue weighted by Gasteiger charge is -2.28. The summed E-state index contributed by atoms with van der Waals surface area (Å²) in [5.41, 5.74) is 2.00. The number of Topliss-reactive ketones (excluding diaryl/α,β-unsaturated/α-hetero) is 1. The molecule has 2 fully saturated rings. The van der Waals surface area contributed by atoms with Crippen molar-refractivity contribution in [1.82, 2.24) is 19.5 Å². The van der Waals surface area contributed by atoms with E-state index in [0.717, 1.165) is 15.4 Å². The van der Waals surface area contributed by atoms with Crippen molar-refractivity contribution in [2.45, 2.75) is 49.8 Å². The zero-order valence-corrected chi connectivity index (χ0v) is 23.7. The van der Waals surface area contributed by atoms with E-state index in [0.29, 0.717) is 18.6 Å². The molecule has 0 saturated carbocycles. The maximum Gasteiger partial charge on any atom is 0.413 e. The van der Waals surface area contributed by atoms with Gasteiger partial charge in [-0.1, -0.05) is 62.4 Å². The monoisotopic (exact) mass is 576 g/mol. The lowest BCUT2D eigenvalue weighted by atomic mass is 10.0. The van der Waals surface area contributed by atoms with Crippen LogP contribution in [0.15, 0.2) is 84.0 Å². The second-order valence-electron chi connectivity index (χ2n) is 10.6. The van der Waals surface area contributed by atoms with Gasteiger partial charge in [0.25, 0.3) is 10.0 Å². The van der Waals surface area contributed by atoms with E-state index in [9.17, 15) is 22.8 Å². The number of ether oxygens (including phenoxy) is 1. The number of aromatic nitrogens is 1. The van der Waals surface area contributed by atoms with Gasteiger partial charge in [0.2, 0.25) is 5.91 Å². The Bertz CT molecular complexity index is 1510. The number of likely N-dealkylation sites (tertiary alicyclic amines) is 1. The maximum atomic E-state index is 13.7. The van der Waals surface area contributed by atoms with E-state index in [1.807, 2.05) is 56.3 Å². The highest BCUT2D eigenvalue weighted by Gasteiger charge is 2.54. The summed E-state index contributed by atoms with van der Waals surface area (Å²) in [6.45, 7) is 3.70. The summed E-state index contributed by atoms with van der Waals surface area (Å²) in [6.07, 6.45) is 1.22.